The van der Waals surface area contributed by atoms with Crippen molar-refractivity contribution < 1.29 is 14.3 Å². The average molecular weight is 415 g/mol. The van der Waals surface area contributed by atoms with E-state index in [1.54, 1.807) is 0 Å². The van der Waals surface area contributed by atoms with Crippen LogP contribution in [0.5, 0.6) is 0 Å². The van der Waals surface area contributed by atoms with Gasteiger partial charge in [0, 0.05) is 18.5 Å². The van der Waals surface area contributed by atoms with Gasteiger partial charge in [-0.2, -0.15) is 0 Å². The first-order chi connectivity index (χ1) is 14.4. The van der Waals surface area contributed by atoms with E-state index in [0.29, 0.717) is 44.2 Å². The predicted octanol–water partition coefficient (Wildman–Crippen LogP) is 1.57. The standard InChI is InChI=1S/C21H30N6O3/c1-4-29-12-16-26-18-19(14-7-5-6-8-15(14)25-20(18)23)27(16)13-21(2,3)30-10-9-24-17(28)11-22/h5-8H,4,9-13,22H2,1-3H3,(H2,23,25)(H,24,28). The number of fused-ring (bicyclic) bond motifs is 3. The molecule has 0 aliphatic rings. The van der Waals surface area contributed by atoms with Gasteiger partial charge in [0.1, 0.15) is 17.9 Å². The van der Waals surface area contributed by atoms with Crippen LogP contribution >= 0.6 is 0 Å². The van der Waals surface area contributed by atoms with E-state index in [1.165, 1.54) is 0 Å². The minimum atomic E-state index is -0.527. The first kappa shape index (κ1) is 21.9. The molecule has 3 aromatic rings. The Morgan fingerprint density at radius 3 is 2.77 bits per heavy atom. The molecule has 0 bridgehead atoms. The number of carbonyl (C=O) groups is 1. The first-order valence-electron chi connectivity index (χ1n) is 10.1. The van der Waals surface area contributed by atoms with Crippen molar-refractivity contribution in [1.82, 2.24) is 19.9 Å². The minimum absolute atomic E-state index is 0.0340. The molecule has 1 aromatic carbocycles. The zero-order valence-electron chi connectivity index (χ0n) is 17.8. The highest BCUT2D eigenvalue weighted by Gasteiger charge is 2.25. The fourth-order valence-electron chi connectivity index (χ4n) is 3.40. The Morgan fingerprint density at radius 1 is 1.27 bits per heavy atom. The number of hydrogen-bond acceptors (Lipinski definition) is 7. The summed E-state index contributed by atoms with van der Waals surface area (Å²) in [6.45, 7) is 8.16. The van der Waals surface area contributed by atoms with Gasteiger partial charge in [0.2, 0.25) is 5.91 Å². The van der Waals surface area contributed by atoms with Gasteiger partial charge in [0.05, 0.1) is 36.3 Å². The van der Waals surface area contributed by atoms with E-state index >= 15 is 0 Å². The van der Waals surface area contributed by atoms with Crippen LogP contribution in [0.4, 0.5) is 5.82 Å². The lowest BCUT2D eigenvalue weighted by molar-refractivity contribution is -0.120. The summed E-state index contributed by atoms with van der Waals surface area (Å²) >= 11 is 0. The van der Waals surface area contributed by atoms with Crippen molar-refractivity contribution in [2.24, 2.45) is 5.73 Å². The van der Waals surface area contributed by atoms with Gasteiger partial charge in [-0.15, -0.1) is 0 Å². The molecule has 0 spiro atoms. The second kappa shape index (κ2) is 9.38. The number of anilines is 1. The molecular weight excluding hydrogens is 384 g/mol. The van der Waals surface area contributed by atoms with Crippen molar-refractivity contribution in [1.29, 1.82) is 0 Å². The second-order valence-electron chi connectivity index (χ2n) is 7.62. The molecule has 0 unspecified atom stereocenters. The van der Waals surface area contributed by atoms with E-state index < -0.39 is 5.60 Å². The fraction of sp³-hybridized carbons (Fsp3) is 0.476. The molecule has 0 fully saturated rings. The molecule has 30 heavy (non-hydrogen) atoms. The molecule has 2 aromatic heterocycles. The number of amides is 1. The summed E-state index contributed by atoms with van der Waals surface area (Å²) < 4.78 is 13.8. The number of nitrogens with one attached hydrogen (secondary N) is 1. The lowest BCUT2D eigenvalue weighted by Gasteiger charge is -2.27. The third-order valence-corrected chi connectivity index (χ3v) is 4.77. The smallest absolute Gasteiger partial charge is 0.233 e. The molecule has 0 radical (unpaired) electrons. The Labute approximate surface area is 175 Å². The largest absolute Gasteiger partial charge is 0.382 e. The van der Waals surface area contributed by atoms with Crippen LogP contribution in [0.25, 0.3) is 21.9 Å². The van der Waals surface area contributed by atoms with Gasteiger partial charge in [-0.1, -0.05) is 18.2 Å². The van der Waals surface area contributed by atoms with Gasteiger partial charge in [0.15, 0.2) is 5.82 Å². The maximum atomic E-state index is 11.3. The molecule has 0 atom stereocenters. The summed E-state index contributed by atoms with van der Waals surface area (Å²) in [7, 11) is 0. The van der Waals surface area contributed by atoms with Gasteiger partial charge in [-0.25, -0.2) is 9.97 Å². The lowest BCUT2D eigenvalue weighted by Crippen LogP contribution is -2.37. The van der Waals surface area contributed by atoms with E-state index in [2.05, 4.69) is 14.9 Å². The summed E-state index contributed by atoms with van der Waals surface area (Å²) in [6.07, 6.45) is 0. The number of benzene rings is 1. The number of nitrogens with zero attached hydrogens (tertiary/aromatic N) is 3. The van der Waals surface area contributed by atoms with Crippen molar-refractivity contribution in [3.8, 4) is 0 Å². The van der Waals surface area contributed by atoms with Crippen molar-refractivity contribution in [3.63, 3.8) is 0 Å². The van der Waals surface area contributed by atoms with Gasteiger partial charge in [-0.3, -0.25) is 4.79 Å². The topological polar surface area (TPSA) is 130 Å². The molecule has 5 N–H and O–H groups in total. The molecule has 0 aliphatic carbocycles. The fourth-order valence-corrected chi connectivity index (χ4v) is 3.40. The van der Waals surface area contributed by atoms with E-state index in [1.807, 2.05) is 45.0 Å². The number of aromatic nitrogens is 3. The molecule has 0 saturated carbocycles. The van der Waals surface area contributed by atoms with Crippen LogP contribution in [0.2, 0.25) is 0 Å². The SMILES string of the molecule is CCOCc1nc2c(N)nc3ccccc3c2n1CC(C)(C)OCCNC(=O)CN. The normalized spacial score (nSPS) is 12.0. The zero-order valence-corrected chi connectivity index (χ0v) is 17.8. The van der Waals surface area contributed by atoms with Crippen LogP contribution < -0.4 is 16.8 Å². The highest BCUT2D eigenvalue weighted by molar-refractivity contribution is 6.06. The first-order valence-corrected chi connectivity index (χ1v) is 10.1. The third kappa shape index (κ3) is 4.86. The van der Waals surface area contributed by atoms with Crippen LogP contribution in [0.1, 0.15) is 26.6 Å². The van der Waals surface area contributed by atoms with Gasteiger partial charge < -0.3 is 30.8 Å². The Hall–Kier alpha value is -2.75. The number of ether oxygens (including phenoxy) is 2. The Morgan fingerprint density at radius 2 is 2.03 bits per heavy atom. The van der Waals surface area contributed by atoms with Crippen molar-refractivity contribution in [2.75, 3.05) is 32.0 Å². The zero-order chi connectivity index (χ0) is 21.7. The highest BCUT2D eigenvalue weighted by atomic mass is 16.5. The number of carbonyl (C=O) groups excluding carboxylic acids is 1. The Kier molecular flexibility index (Phi) is 6.86. The van der Waals surface area contributed by atoms with Crippen LogP contribution in [-0.2, 0) is 27.4 Å². The summed E-state index contributed by atoms with van der Waals surface area (Å²) in [5.41, 5.74) is 13.4. The van der Waals surface area contributed by atoms with Crippen molar-refractivity contribution in [2.45, 2.75) is 39.5 Å². The molecule has 9 nitrogen and oxygen atoms in total. The molecule has 1 amide bonds. The highest BCUT2D eigenvalue weighted by Crippen LogP contribution is 2.30. The van der Waals surface area contributed by atoms with E-state index in [0.717, 1.165) is 22.2 Å². The van der Waals surface area contributed by atoms with Gasteiger partial charge >= 0.3 is 0 Å². The predicted molar refractivity (Wildman–Crippen MR) is 117 cm³/mol. The molecule has 3 rings (SSSR count). The number of imidazole rings is 1. The van der Waals surface area contributed by atoms with Crippen molar-refractivity contribution >= 4 is 33.7 Å². The molecule has 162 valence electrons. The van der Waals surface area contributed by atoms with E-state index in [-0.39, 0.29) is 12.5 Å². The van der Waals surface area contributed by atoms with E-state index in [9.17, 15) is 4.79 Å². The number of para-hydroxylation sites is 1. The van der Waals surface area contributed by atoms with Crippen LogP contribution in [-0.4, -0.2) is 52.3 Å². The second-order valence-corrected chi connectivity index (χ2v) is 7.62. The number of rotatable bonds is 10. The van der Waals surface area contributed by atoms with Gasteiger partial charge in [0.25, 0.3) is 0 Å². The van der Waals surface area contributed by atoms with Crippen molar-refractivity contribution in [3.05, 3.63) is 30.1 Å². The third-order valence-electron chi connectivity index (χ3n) is 4.77. The number of hydrogen-bond donors (Lipinski definition) is 3. The Bertz CT molecular complexity index is 1030. The van der Waals surface area contributed by atoms with Crippen LogP contribution in [0.15, 0.2) is 24.3 Å². The average Bonchev–Trinajstić information content (AvgIpc) is 3.08. The van der Waals surface area contributed by atoms with Crippen LogP contribution in [0, 0.1) is 0 Å². The van der Waals surface area contributed by atoms with E-state index in [4.69, 9.17) is 25.9 Å². The Balaban J connectivity index is 1.95. The summed E-state index contributed by atoms with van der Waals surface area (Å²) in [6, 6.07) is 7.86. The minimum Gasteiger partial charge on any atom is -0.382 e. The number of nitrogens with two attached hydrogens (primary N) is 2. The number of nitrogen functional groups attached to an aromatic ring is 1. The maximum absolute atomic E-state index is 11.3. The monoisotopic (exact) mass is 414 g/mol. The molecular formula is C21H30N6O3. The summed E-state index contributed by atoms with van der Waals surface area (Å²) in [5, 5.41) is 3.69. The molecule has 0 aliphatic heterocycles. The molecule has 9 heteroatoms. The summed E-state index contributed by atoms with van der Waals surface area (Å²) in [5.74, 6) is 0.957. The molecule has 2 heterocycles. The summed E-state index contributed by atoms with van der Waals surface area (Å²) in [4.78, 5) is 20.5. The quantitative estimate of drug-likeness (QED) is 0.429. The van der Waals surface area contributed by atoms with Gasteiger partial charge in [-0.05, 0) is 26.8 Å². The number of pyridine rings is 1. The maximum Gasteiger partial charge on any atom is 0.233 e. The lowest BCUT2D eigenvalue weighted by atomic mass is 10.1. The molecule has 0 saturated heterocycles. The van der Waals surface area contributed by atoms with Crippen LogP contribution in [0.3, 0.4) is 0 Å².